The number of anilines is 1. The molecule has 1 unspecified atom stereocenters. The topological polar surface area (TPSA) is 115 Å². The van der Waals surface area contributed by atoms with Crippen molar-refractivity contribution in [2.24, 2.45) is 5.41 Å². The first-order valence-corrected chi connectivity index (χ1v) is 21.7. The maximum Gasteiger partial charge on any atom is 0.416 e. The Balaban J connectivity index is 0.682. The minimum absolute atomic E-state index is 0.0731. The van der Waals surface area contributed by atoms with Gasteiger partial charge in [-0.25, -0.2) is 8.78 Å². The van der Waals surface area contributed by atoms with Crippen LogP contribution in [0.1, 0.15) is 47.2 Å². The number of hydrogen-bond acceptors (Lipinski definition) is 10. The van der Waals surface area contributed by atoms with Gasteiger partial charge < -0.3 is 24.4 Å². The summed E-state index contributed by atoms with van der Waals surface area (Å²) in [5.74, 6) is -1.45. The lowest BCUT2D eigenvalue weighted by Crippen LogP contribution is -2.68. The van der Waals surface area contributed by atoms with Gasteiger partial charge in [0.1, 0.15) is 41.4 Å². The van der Waals surface area contributed by atoms with Crippen LogP contribution >= 0.6 is 11.3 Å². The molecule has 3 amide bonds. The number of phenolic OH excluding ortho intramolecular Hbond substituents is 1. The van der Waals surface area contributed by atoms with Crippen molar-refractivity contribution in [3.63, 3.8) is 0 Å². The van der Waals surface area contributed by atoms with Crippen LogP contribution in [0.15, 0.2) is 72.8 Å². The summed E-state index contributed by atoms with van der Waals surface area (Å²) in [4.78, 5) is 45.5. The van der Waals surface area contributed by atoms with Crippen LogP contribution in [0.4, 0.5) is 27.6 Å². The molecule has 1 spiro atoms. The number of piperazine rings is 1. The summed E-state index contributed by atoms with van der Waals surface area (Å²) in [7, 11) is 0. The van der Waals surface area contributed by atoms with Crippen molar-refractivity contribution in [1.82, 2.24) is 20.0 Å². The van der Waals surface area contributed by atoms with E-state index in [9.17, 15) is 32.7 Å². The predicted molar refractivity (Wildman–Crippen MR) is 224 cm³/mol. The van der Waals surface area contributed by atoms with Crippen LogP contribution in [-0.4, -0.2) is 102 Å². The van der Waals surface area contributed by atoms with Crippen LogP contribution in [0.5, 0.6) is 23.0 Å². The Labute approximate surface area is 362 Å². The van der Waals surface area contributed by atoms with E-state index in [0.29, 0.717) is 66.5 Å². The van der Waals surface area contributed by atoms with Gasteiger partial charge in [-0.15, -0.1) is 11.3 Å². The van der Waals surface area contributed by atoms with E-state index < -0.39 is 47.1 Å². The molecule has 17 heteroatoms. The number of hydrogen-bond donors (Lipinski definition) is 2. The van der Waals surface area contributed by atoms with Crippen molar-refractivity contribution in [3.8, 4) is 33.4 Å². The molecule has 5 aromatic rings. The number of benzene rings is 4. The van der Waals surface area contributed by atoms with Crippen molar-refractivity contribution in [2.45, 2.75) is 50.5 Å². The molecule has 2 N–H and O–H groups in total. The quantitative estimate of drug-likeness (QED) is 0.107. The van der Waals surface area contributed by atoms with Gasteiger partial charge in [0.15, 0.2) is 11.6 Å². The van der Waals surface area contributed by atoms with Crippen LogP contribution in [0, 0.1) is 17.0 Å². The number of piperidine rings is 1. The molecule has 1 aromatic heterocycles. The molecule has 1 atom stereocenters. The summed E-state index contributed by atoms with van der Waals surface area (Å²) >= 11 is 1.32. The molecular formula is C46H42F5N5O6S. The van der Waals surface area contributed by atoms with E-state index in [-0.39, 0.29) is 47.4 Å². The molecule has 11 nitrogen and oxygen atoms in total. The molecule has 4 aliphatic heterocycles. The number of halogens is 5. The highest BCUT2D eigenvalue weighted by Gasteiger charge is 2.53. The Morgan fingerprint density at radius 2 is 1.60 bits per heavy atom. The number of nitrogens with zero attached hydrogens (tertiary/aromatic N) is 4. The van der Waals surface area contributed by atoms with Crippen LogP contribution < -0.4 is 19.7 Å². The first kappa shape index (κ1) is 41.2. The highest BCUT2D eigenvalue weighted by Crippen LogP contribution is 2.51. The number of fused-ring (bicyclic) bond motifs is 2. The molecule has 63 heavy (non-hydrogen) atoms. The Bertz CT molecular complexity index is 2620. The maximum absolute atomic E-state index is 16.0. The number of amides is 3. The number of carbonyl (C=O) groups excluding carboxylic acids is 3. The number of carbonyl (C=O) groups is 3. The minimum atomic E-state index is -4.45. The van der Waals surface area contributed by atoms with Crippen molar-refractivity contribution in [2.75, 3.05) is 57.3 Å². The van der Waals surface area contributed by atoms with Crippen molar-refractivity contribution >= 4 is 44.8 Å². The number of likely N-dealkylation sites (tertiary alicyclic amines) is 1. The molecule has 1 aliphatic carbocycles. The fourth-order valence-corrected chi connectivity index (χ4v) is 11.1. The summed E-state index contributed by atoms with van der Waals surface area (Å²) in [5, 5.41) is 13.0. The second-order valence-corrected chi connectivity index (χ2v) is 18.2. The van der Waals surface area contributed by atoms with E-state index in [1.165, 1.54) is 28.4 Å². The third-order valence-electron chi connectivity index (χ3n) is 13.1. The summed E-state index contributed by atoms with van der Waals surface area (Å²) in [6.45, 7) is 5.28. The summed E-state index contributed by atoms with van der Waals surface area (Å²) < 4.78 is 84.2. The number of alkyl halides is 3. The third kappa shape index (κ3) is 7.73. The fourth-order valence-electron chi connectivity index (χ4n) is 9.92. The first-order chi connectivity index (χ1) is 30.2. The Morgan fingerprint density at radius 3 is 2.30 bits per heavy atom. The highest BCUT2D eigenvalue weighted by molar-refractivity contribution is 7.22. The first-order valence-electron chi connectivity index (χ1n) is 20.9. The second kappa shape index (κ2) is 15.8. The predicted octanol–water partition coefficient (Wildman–Crippen LogP) is 7.79. The number of phenols is 1. The van der Waals surface area contributed by atoms with Gasteiger partial charge >= 0.3 is 6.18 Å². The number of imide groups is 1. The Kier molecular flexibility index (Phi) is 10.3. The van der Waals surface area contributed by atoms with Crippen LogP contribution in [-0.2, 0) is 22.3 Å². The molecule has 328 valence electrons. The van der Waals surface area contributed by atoms with Gasteiger partial charge in [-0.2, -0.15) is 13.2 Å². The highest BCUT2D eigenvalue weighted by atomic mass is 32.1. The largest absolute Gasteiger partial charge is 0.508 e. The van der Waals surface area contributed by atoms with Crippen molar-refractivity contribution < 1.29 is 50.9 Å². The fraction of sp³-hybridized carbons (Fsp3) is 0.370. The molecule has 10 rings (SSSR count). The minimum Gasteiger partial charge on any atom is -0.508 e. The van der Waals surface area contributed by atoms with Gasteiger partial charge in [0, 0.05) is 73.9 Å². The lowest BCUT2D eigenvalue weighted by molar-refractivity contribution is -0.138. The zero-order valence-corrected chi connectivity index (χ0v) is 34.7. The molecular weight excluding hydrogens is 846 g/mol. The average Bonchev–Trinajstić information content (AvgIpc) is 3.75. The lowest BCUT2D eigenvalue weighted by Gasteiger charge is -2.62. The smallest absolute Gasteiger partial charge is 0.416 e. The van der Waals surface area contributed by atoms with Crippen molar-refractivity contribution in [1.29, 1.82) is 0 Å². The van der Waals surface area contributed by atoms with E-state index in [1.54, 1.807) is 35.2 Å². The number of ether oxygens (including phenoxy) is 2. The summed E-state index contributed by atoms with van der Waals surface area (Å²) in [6.07, 6.45) is -2.11. The molecule has 5 heterocycles. The zero-order valence-electron chi connectivity index (χ0n) is 33.9. The Morgan fingerprint density at radius 1 is 0.889 bits per heavy atom. The second-order valence-electron chi connectivity index (χ2n) is 17.2. The number of aromatic hydroxyl groups is 1. The number of nitrogens with one attached hydrogen (secondary N) is 1. The number of rotatable bonds is 10. The van der Waals surface area contributed by atoms with Crippen molar-refractivity contribution in [3.05, 3.63) is 101 Å². The van der Waals surface area contributed by atoms with Gasteiger partial charge in [-0.05, 0) is 90.9 Å². The summed E-state index contributed by atoms with van der Waals surface area (Å²) in [5.41, 5.74) is -0.0442. The van der Waals surface area contributed by atoms with E-state index in [4.69, 9.17) is 9.47 Å². The molecule has 1 saturated carbocycles. The molecule has 0 radical (unpaired) electrons. The molecule has 0 bridgehead atoms. The van der Waals surface area contributed by atoms with Gasteiger partial charge in [-0.3, -0.25) is 29.5 Å². The van der Waals surface area contributed by atoms with Gasteiger partial charge in [0.25, 0.3) is 5.91 Å². The molecule has 4 fully saturated rings. The molecule has 4 aromatic carbocycles. The van der Waals surface area contributed by atoms with E-state index in [2.05, 4.69) is 15.1 Å². The van der Waals surface area contributed by atoms with Crippen LogP contribution in [0.25, 0.3) is 20.5 Å². The number of thiophene rings is 1. The van der Waals surface area contributed by atoms with Gasteiger partial charge in [0.05, 0.1) is 22.5 Å². The van der Waals surface area contributed by atoms with Crippen LogP contribution in [0.3, 0.4) is 0 Å². The lowest BCUT2D eigenvalue weighted by atomic mass is 9.60. The van der Waals surface area contributed by atoms with Gasteiger partial charge in [0.2, 0.25) is 11.8 Å². The molecule has 3 saturated heterocycles. The normalized spacial score (nSPS) is 20.5. The van der Waals surface area contributed by atoms with Gasteiger partial charge in [-0.1, -0.05) is 12.1 Å². The standard InChI is InChI=1S/C46H42F5N5O6S/c47-35-20-33-34(23-56(44(33)60)36-11-12-38(58)52-43(36)59)39(48)40(35)55-15-13-54(14-16-55)28-21-45(22-28)24-53(25-45)17-18-61-30-6-8-31(9-7-30)62-41-32-10-5-29(57)19-37(32)63-42(41)26-1-3-27(4-2-26)46(49,50)51/h1-10,19-20,28,36,57H,11-18,21-25H2,(H,52,58,59). The van der Waals surface area contributed by atoms with E-state index in [1.807, 2.05) is 12.1 Å². The SMILES string of the molecule is O=C1CCC(N2Cc3c(cc(F)c(N4CCN(C5CC6(C5)CN(CCOc5ccc(Oc7c(-c8ccc(C(F)(F)F)cc8)sc8cc(O)ccc78)cc5)C6)CC4)c3F)C2=O)C(=O)N1. The monoisotopic (exact) mass is 887 g/mol. The molecule has 5 aliphatic rings. The van der Waals surface area contributed by atoms with E-state index >= 15 is 8.78 Å². The van der Waals surface area contributed by atoms with Crippen LogP contribution in [0.2, 0.25) is 0 Å². The Hall–Kier alpha value is -5.78. The zero-order chi connectivity index (χ0) is 43.8. The van der Waals surface area contributed by atoms with E-state index in [0.717, 1.165) is 60.8 Å². The average molecular weight is 888 g/mol. The summed E-state index contributed by atoms with van der Waals surface area (Å²) in [6, 6.07) is 17.6. The maximum atomic E-state index is 16.0. The third-order valence-corrected chi connectivity index (χ3v) is 14.3.